The van der Waals surface area contributed by atoms with E-state index in [9.17, 15) is 31.8 Å². The lowest BCUT2D eigenvalue weighted by molar-refractivity contribution is -0.137. The van der Waals surface area contributed by atoms with E-state index in [2.05, 4.69) is 10.6 Å². The highest BCUT2D eigenvalue weighted by molar-refractivity contribution is 7.86. The smallest absolute Gasteiger partial charge is 0.352 e. The largest absolute Gasteiger partial charge is 0.417 e. The van der Waals surface area contributed by atoms with Gasteiger partial charge in [-0.05, 0) is 50.1 Å². The van der Waals surface area contributed by atoms with Crippen LogP contribution in [0.15, 0.2) is 42.5 Å². The van der Waals surface area contributed by atoms with Crippen LogP contribution in [0.2, 0.25) is 5.02 Å². The summed E-state index contributed by atoms with van der Waals surface area (Å²) in [5.74, 6) is -3.17. The molecule has 0 saturated heterocycles. The van der Waals surface area contributed by atoms with E-state index < -0.39 is 63.3 Å². The van der Waals surface area contributed by atoms with Crippen molar-refractivity contribution < 1.29 is 31.8 Å². The van der Waals surface area contributed by atoms with Crippen LogP contribution in [-0.2, 0) is 31.4 Å². The summed E-state index contributed by atoms with van der Waals surface area (Å²) < 4.78 is 52.9. The lowest BCUT2D eigenvalue weighted by atomic mass is 10.1. The second-order valence-electron chi connectivity index (χ2n) is 8.83. The number of hydrogen-bond donors (Lipinski definition) is 2. The lowest BCUT2D eigenvalue weighted by Crippen LogP contribution is -2.45. The van der Waals surface area contributed by atoms with Crippen LogP contribution in [0.5, 0.6) is 0 Å². The Labute approximate surface area is 220 Å². The maximum atomic E-state index is 13.4. The van der Waals surface area contributed by atoms with Gasteiger partial charge in [0.25, 0.3) is 0 Å². The van der Waals surface area contributed by atoms with Crippen molar-refractivity contribution in [2.24, 2.45) is 0 Å². The van der Waals surface area contributed by atoms with Gasteiger partial charge in [-0.1, -0.05) is 42.1 Å². The van der Waals surface area contributed by atoms with Gasteiger partial charge in [0, 0.05) is 28.2 Å². The number of carbonyl (C=O) groups is 3. The fourth-order valence-electron chi connectivity index (χ4n) is 3.96. The molecule has 0 aliphatic heterocycles. The summed E-state index contributed by atoms with van der Waals surface area (Å²) in [7, 11) is -1.98. The summed E-state index contributed by atoms with van der Waals surface area (Å²) >= 11 is 5.71. The summed E-state index contributed by atoms with van der Waals surface area (Å²) in [6.07, 6.45) is -1.34. The van der Waals surface area contributed by atoms with Crippen molar-refractivity contribution in [2.45, 2.75) is 44.8 Å². The minimum Gasteiger partial charge on any atom is -0.352 e. The van der Waals surface area contributed by atoms with Crippen LogP contribution in [0.4, 0.5) is 24.5 Å². The van der Waals surface area contributed by atoms with Gasteiger partial charge < -0.3 is 15.5 Å². The highest BCUT2D eigenvalue weighted by Gasteiger charge is 2.34. The molecule has 0 heterocycles. The second-order valence-corrected chi connectivity index (χ2v) is 10.7. The van der Waals surface area contributed by atoms with Crippen molar-refractivity contribution in [2.75, 3.05) is 28.3 Å². The van der Waals surface area contributed by atoms with Crippen molar-refractivity contribution >= 4 is 51.5 Å². The molecule has 12 heteroatoms. The second kappa shape index (κ2) is 12.6. The Balaban J connectivity index is 1.73. The molecule has 1 aliphatic carbocycles. The summed E-state index contributed by atoms with van der Waals surface area (Å²) in [5.41, 5.74) is 0.0914. The minimum atomic E-state index is -4.79. The van der Waals surface area contributed by atoms with E-state index in [0.29, 0.717) is 11.8 Å². The van der Waals surface area contributed by atoms with Crippen molar-refractivity contribution in [3.05, 3.63) is 58.6 Å². The standard InChI is InChI=1S/C25H27ClF3N3O4S/c1-16-6-8-18(9-7-16)31-23(34)14-37(36)15-24(35)32(13-22(33)30-17-4-2-3-5-17)19-10-11-21(26)20(12-19)25(27,28)29/h6-12,17H,2-5,13-15H2,1H3,(H,30,33)(H,31,34)/t37-/m1/s1. The maximum Gasteiger partial charge on any atom is 0.417 e. The number of carbonyl (C=O) groups excluding carboxylic acids is 3. The van der Waals surface area contributed by atoms with Crippen LogP contribution < -0.4 is 15.5 Å². The molecule has 1 aliphatic rings. The normalized spacial score (nSPS) is 14.7. The van der Waals surface area contributed by atoms with Crippen LogP contribution in [-0.4, -0.2) is 46.0 Å². The fourth-order valence-corrected chi connectivity index (χ4v) is 5.08. The molecule has 2 aromatic carbocycles. The molecule has 3 amide bonds. The Bertz CT molecular complexity index is 1170. The van der Waals surface area contributed by atoms with Gasteiger partial charge in [-0.3, -0.25) is 18.6 Å². The number of rotatable bonds is 9. The Kier molecular flexibility index (Phi) is 9.72. The SMILES string of the molecule is Cc1ccc(NC(=O)C[S@@](=O)CC(=O)N(CC(=O)NC2CCCC2)c2ccc(Cl)c(C(F)(F)F)c2)cc1. The first-order valence-electron chi connectivity index (χ1n) is 11.6. The molecule has 0 unspecified atom stereocenters. The zero-order valence-corrected chi connectivity index (χ0v) is 21.6. The van der Waals surface area contributed by atoms with Gasteiger partial charge in [-0.15, -0.1) is 0 Å². The molecule has 7 nitrogen and oxygen atoms in total. The summed E-state index contributed by atoms with van der Waals surface area (Å²) in [5, 5.41) is 4.80. The number of halogens is 4. The fraction of sp³-hybridized carbons (Fsp3) is 0.400. The summed E-state index contributed by atoms with van der Waals surface area (Å²) in [6, 6.07) is 9.69. The number of aryl methyl sites for hydroxylation is 1. The highest BCUT2D eigenvalue weighted by Crippen LogP contribution is 2.37. The van der Waals surface area contributed by atoms with Crippen molar-refractivity contribution in [1.82, 2.24) is 5.32 Å². The van der Waals surface area contributed by atoms with E-state index in [1.54, 1.807) is 24.3 Å². The van der Waals surface area contributed by atoms with Gasteiger partial charge in [-0.2, -0.15) is 13.2 Å². The van der Waals surface area contributed by atoms with Crippen molar-refractivity contribution in [3.63, 3.8) is 0 Å². The minimum absolute atomic E-state index is 0.0694. The Morgan fingerprint density at radius 2 is 1.68 bits per heavy atom. The molecular formula is C25H27ClF3N3O4S. The predicted octanol–water partition coefficient (Wildman–Crippen LogP) is 4.45. The number of nitrogens with one attached hydrogen (secondary N) is 2. The van der Waals surface area contributed by atoms with E-state index in [1.807, 2.05) is 6.92 Å². The quantitative estimate of drug-likeness (QED) is 0.476. The number of nitrogens with zero attached hydrogens (tertiary/aromatic N) is 1. The van der Waals surface area contributed by atoms with Crippen LogP contribution in [0.25, 0.3) is 0 Å². The number of hydrogen-bond acceptors (Lipinski definition) is 4. The van der Waals surface area contributed by atoms with E-state index >= 15 is 0 Å². The average molecular weight is 558 g/mol. The molecule has 1 fully saturated rings. The van der Waals surface area contributed by atoms with Crippen LogP contribution >= 0.6 is 11.6 Å². The molecule has 1 saturated carbocycles. The Morgan fingerprint density at radius 3 is 2.30 bits per heavy atom. The molecule has 0 bridgehead atoms. The highest BCUT2D eigenvalue weighted by atomic mass is 35.5. The number of benzene rings is 2. The van der Waals surface area contributed by atoms with Gasteiger partial charge in [-0.25, -0.2) is 0 Å². The van der Waals surface area contributed by atoms with E-state index in [0.717, 1.165) is 42.2 Å². The summed E-state index contributed by atoms with van der Waals surface area (Å²) in [6.45, 7) is 1.31. The van der Waals surface area contributed by atoms with E-state index in [1.165, 1.54) is 6.07 Å². The molecule has 2 aromatic rings. The third-order valence-corrected chi connectivity index (χ3v) is 7.28. The number of anilines is 2. The molecule has 0 spiro atoms. The maximum absolute atomic E-state index is 13.4. The molecular weight excluding hydrogens is 531 g/mol. The molecule has 3 rings (SSSR count). The van der Waals surface area contributed by atoms with Gasteiger partial charge in [0.15, 0.2) is 0 Å². The summed E-state index contributed by atoms with van der Waals surface area (Å²) in [4.78, 5) is 38.8. The zero-order valence-electron chi connectivity index (χ0n) is 20.1. The molecule has 37 heavy (non-hydrogen) atoms. The van der Waals surface area contributed by atoms with Gasteiger partial charge in [0.05, 0.1) is 10.6 Å². The number of alkyl halides is 3. The predicted molar refractivity (Wildman–Crippen MR) is 137 cm³/mol. The van der Waals surface area contributed by atoms with E-state index in [-0.39, 0.29) is 11.7 Å². The third kappa shape index (κ3) is 8.57. The average Bonchev–Trinajstić information content (AvgIpc) is 3.31. The molecule has 1 atom stereocenters. The van der Waals surface area contributed by atoms with Gasteiger partial charge in [0.2, 0.25) is 17.7 Å². The van der Waals surface area contributed by atoms with Crippen molar-refractivity contribution in [1.29, 1.82) is 0 Å². The topological polar surface area (TPSA) is 95.6 Å². The van der Waals surface area contributed by atoms with Crippen LogP contribution in [0.1, 0.15) is 36.8 Å². The molecule has 0 aromatic heterocycles. The zero-order chi connectivity index (χ0) is 27.2. The molecule has 2 N–H and O–H groups in total. The Hall–Kier alpha value is -2.92. The monoisotopic (exact) mass is 557 g/mol. The molecule has 0 radical (unpaired) electrons. The number of amides is 3. The first kappa shape index (κ1) is 28.6. The Morgan fingerprint density at radius 1 is 1.03 bits per heavy atom. The van der Waals surface area contributed by atoms with Crippen molar-refractivity contribution in [3.8, 4) is 0 Å². The van der Waals surface area contributed by atoms with Gasteiger partial charge in [0.1, 0.15) is 18.1 Å². The lowest BCUT2D eigenvalue weighted by Gasteiger charge is -2.24. The van der Waals surface area contributed by atoms with Crippen LogP contribution in [0, 0.1) is 6.92 Å². The third-order valence-electron chi connectivity index (χ3n) is 5.80. The molecule has 200 valence electrons. The first-order chi connectivity index (χ1) is 17.4. The van der Waals surface area contributed by atoms with Crippen LogP contribution in [0.3, 0.4) is 0 Å². The van der Waals surface area contributed by atoms with E-state index in [4.69, 9.17) is 11.6 Å². The first-order valence-corrected chi connectivity index (χ1v) is 13.5. The van der Waals surface area contributed by atoms with Gasteiger partial charge >= 0.3 is 6.18 Å².